The van der Waals surface area contributed by atoms with Gasteiger partial charge in [0.1, 0.15) is 5.75 Å². The molecule has 0 spiro atoms. The molecule has 0 unspecified atom stereocenters. The van der Waals surface area contributed by atoms with Gasteiger partial charge in [-0.1, -0.05) is 26.0 Å². The summed E-state index contributed by atoms with van der Waals surface area (Å²) in [6.07, 6.45) is 1.41. The molecule has 2 aromatic rings. The van der Waals surface area contributed by atoms with E-state index in [1.54, 1.807) is 7.11 Å². The van der Waals surface area contributed by atoms with Crippen molar-refractivity contribution in [3.63, 3.8) is 0 Å². The van der Waals surface area contributed by atoms with E-state index in [-0.39, 0.29) is 18.3 Å². The number of hydrogen-bond donors (Lipinski definition) is 2. The number of thiazole rings is 1. The molecule has 0 bridgehead atoms. The Labute approximate surface area is 153 Å². The number of ether oxygens (including phenoxy) is 1. The number of amides is 1. The lowest BCUT2D eigenvalue weighted by molar-refractivity contribution is -0.125. The van der Waals surface area contributed by atoms with Crippen molar-refractivity contribution in [1.29, 1.82) is 0 Å². The number of nitrogens with one attached hydrogen (secondary N) is 1. The molecule has 2 rings (SSSR count). The average Bonchev–Trinajstić information content (AvgIpc) is 3.05. The number of benzene rings is 1. The van der Waals surface area contributed by atoms with E-state index >= 15 is 0 Å². The van der Waals surface area contributed by atoms with Gasteiger partial charge in [-0.25, -0.2) is 4.98 Å². The van der Waals surface area contributed by atoms with Gasteiger partial charge in [-0.2, -0.15) is 0 Å². The van der Waals surface area contributed by atoms with Gasteiger partial charge in [-0.15, -0.1) is 23.7 Å². The number of methoxy groups -OCH3 is 1. The lowest BCUT2D eigenvalue weighted by Gasteiger charge is -2.27. The van der Waals surface area contributed by atoms with Crippen LogP contribution < -0.4 is 15.8 Å². The topological polar surface area (TPSA) is 77.2 Å². The van der Waals surface area contributed by atoms with Crippen molar-refractivity contribution in [2.24, 2.45) is 11.1 Å². The highest BCUT2D eigenvalue weighted by atomic mass is 35.5. The average molecular weight is 370 g/mol. The molecular formula is C17H24ClN3O2S. The van der Waals surface area contributed by atoms with E-state index < -0.39 is 5.41 Å². The summed E-state index contributed by atoms with van der Waals surface area (Å²) in [5.74, 6) is 0.694. The van der Waals surface area contributed by atoms with Crippen molar-refractivity contribution >= 4 is 34.8 Å². The van der Waals surface area contributed by atoms with Crippen molar-refractivity contribution in [3.05, 3.63) is 29.6 Å². The van der Waals surface area contributed by atoms with Crippen LogP contribution in [0, 0.1) is 5.41 Å². The third-order valence-corrected chi connectivity index (χ3v) is 5.09. The summed E-state index contributed by atoms with van der Waals surface area (Å²) in [6.45, 7) is 4.30. The zero-order valence-corrected chi connectivity index (χ0v) is 15.8. The molecule has 0 aliphatic carbocycles. The smallest absolute Gasteiger partial charge is 0.233 e. The van der Waals surface area contributed by atoms with Crippen molar-refractivity contribution in [2.75, 3.05) is 19.0 Å². The molecule has 0 fully saturated rings. The summed E-state index contributed by atoms with van der Waals surface area (Å²) >= 11 is 1.40. The van der Waals surface area contributed by atoms with Crippen molar-refractivity contribution in [3.8, 4) is 17.0 Å². The second kappa shape index (κ2) is 9.01. The first-order valence-corrected chi connectivity index (χ1v) is 8.58. The fourth-order valence-electron chi connectivity index (χ4n) is 2.49. The highest BCUT2D eigenvalue weighted by Gasteiger charge is 2.33. The zero-order chi connectivity index (χ0) is 16.9. The minimum absolute atomic E-state index is 0. The monoisotopic (exact) mass is 369 g/mol. The Morgan fingerprint density at radius 1 is 1.33 bits per heavy atom. The molecule has 1 heterocycles. The number of nitrogens with zero attached hydrogens (tertiary/aromatic N) is 1. The number of anilines is 1. The molecule has 5 nitrogen and oxygen atoms in total. The largest absolute Gasteiger partial charge is 0.496 e. The van der Waals surface area contributed by atoms with E-state index in [0.29, 0.717) is 24.5 Å². The number of rotatable bonds is 7. The summed E-state index contributed by atoms with van der Waals surface area (Å²) in [7, 11) is 1.63. The number of aromatic nitrogens is 1. The highest BCUT2D eigenvalue weighted by Crippen LogP contribution is 2.33. The van der Waals surface area contributed by atoms with E-state index in [0.717, 1.165) is 17.0 Å². The first-order chi connectivity index (χ1) is 11.1. The van der Waals surface area contributed by atoms with Crippen LogP contribution >= 0.6 is 23.7 Å². The molecule has 1 aromatic carbocycles. The highest BCUT2D eigenvalue weighted by molar-refractivity contribution is 7.14. The van der Waals surface area contributed by atoms with Crippen molar-refractivity contribution in [1.82, 2.24) is 4.98 Å². The predicted octanol–water partition coefficient (Wildman–Crippen LogP) is 3.94. The third kappa shape index (κ3) is 4.06. The Morgan fingerprint density at radius 3 is 2.58 bits per heavy atom. The van der Waals surface area contributed by atoms with Crippen LogP contribution in [0.15, 0.2) is 29.6 Å². The number of carbonyl (C=O) groups excluding carboxylic acids is 1. The number of halogens is 1. The summed E-state index contributed by atoms with van der Waals surface area (Å²) < 4.78 is 5.36. The molecule has 3 N–H and O–H groups in total. The minimum atomic E-state index is -0.531. The van der Waals surface area contributed by atoms with Crippen LogP contribution in [0.3, 0.4) is 0 Å². The number of nitrogens with two attached hydrogens (primary N) is 1. The molecule has 1 amide bonds. The fraction of sp³-hybridized carbons (Fsp3) is 0.412. The Balaban J connectivity index is 0.00000288. The molecule has 1 aromatic heterocycles. The lowest BCUT2D eigenvalue weighted by atomic mass is 9.81. The standard InChI is InChI=1S/C17H23N3O2S.ClH/c1-4-17(5-2,11-18)15(21)20-16-19-13(10-23-16)12-8-6-7-9-14(12)22-3;/h6-10H,4-5,11,18H2,1-3H3,(H,19,20,21);1H. The number of para-hydroxylation sites is 1. The van der Waals surface area contributed by atoms with Gasteiger partial charge in [0, 0.05) is 17.5 Å². The second-order valence-corrected chi connectivity index (χ2v) is 6.24. The van der Waals surface area contributed by atoms with E-state index in [9.17, 15) is 4.79 Å². The van der Waals surface area contributed by atoms with Gasteiger partial charge >= 0.3 is 0 Å². The predicted molar refractivity (Wildman–Crippen MR) is 102 cm³/mol. The Bertz CT molecular complexity index is 663. The van der Waals surface area contributed by atoms with Crippen LogP contribution in [-0.4, -0.2) is 24.5 Å². The second-order valence-electron chi connectivity index (χ2n) is 5.38. The van der Waals surface area contributed by atoms with Crippen LogP contribution in [-0.2, 0) is 4.79 Å². The number of carbonyl (C=O) groups is 1. The quantitative estimate of drug-likeness (QED) is 0.774. The molecule has 132 valence electrons. The Kier molecular flexibility index (Phi) is 7.66. The van der Waals surface area contributed by atoms with E-state index in [1.165, 1.54) is 11.3 Å². The molecule has 0 aliphatic rings. The maximum Gasteiger partial charge on any atom is 0.233 e. The zero-order valence-electron chi connectivity index (χ0n) is 14.2. The Morgan fingerprint density at radius 2 is 2.00 bits per heavy atom. The van der Waals surface area contributed by atoms with Gasteiger partial charge in [-0.3, -0.25) is 4.79 Å². The van der Waals surface area contributed by atoms with Gasteiger partial charge in [0.25, 0.3) is 0 Å². The van der Waals surface area contributed by atoms with Gasteiger partial charge in [0.2, 0.25) is 5.91 Å². The Hall–Kier alpha value is -1.63. The van der Waals surface area contributed by atoms with Crippen LogP contribution in [0.2, 0.25) is 0 Å². The lowest BCUT2D eigenvalue weighted by Crippen LogP contribution is -2.41. The maximum atomic E-state index is 12.5. The molecule has 24 heavy (non-hydrogen) atoms. The summed E-state index contributed by atoms with van der Waals surface area (Å²) in [6, 6.07) is 7.68. The summed E-state index contributed by atoms with van der Waals surface area (Å²) in [5, 5.41) is 5.40. The van der Waals surface area contributed by atoms with Crippen LogP contribution in [0.25, 0.3) is 11.3 Å². The van der Waals surface area contributed by atoms with Crippen LogP contribution in [0.4, 0.5) is 5.13 Å². The van der Waals surface area contributed by atoms with Gasteiger partial charge in [-0.05, 0) is 25.0 Å². The number of hydrogen-bond acceptors (Lipinski definition) is 5. The van der Waals surface area contributed by atoms with Crippen LogP contribution in [0.1, 0.15) is 26.7 Å². The molecule has 0 radical (unpaired) electrons. The van der Waals surface area contributed by atoms with Crippen molar-refractivity contribution < 1.29 is 9.53 Å². The minimum Gasteiger partial charge on any atom is -0.496 e. The normalized spacial score (nSPS) is 10.8. The summed E-state index contributed by atoms with van der Waals surface area (Å²) in [5.41, 5.74) is 6.98. The van der Waals surface area contributed by atoms with Gasteiger partial charge in [0.15, 0.2) is 5.13 Å². The SMILES string of the molecule is CCC(CC)(CN)C(=O)Nc1nc(-c2ccccc2OC)cs1.Cl. The molecule has 0 atom stereocenters. The molecule has 0 aliphatic heterocycles. The molecule has 0 saturated carbocycles. The maximum absolute atomic E-state index is 12.5. The summed E-state index contributed by atoms with van der Waals surface area (Å²) in [4.78, 5) is 17.1. The first kappa shape index (κ1) is 20.4. The molecule has 7 heteroatoms. The third-order valence-electron chi connectivity index (χ3n) is 4.33. The first-order valence-electron chi connectivity index (χ1n) is 7.70. The molecular weight excluding hydrogens is 346 g/mol. The van der Waals surface area contributed by atoms with Gasteiger partial charge < -0.3 is 15.8 Å². The van der Waals surface area contributed by atoms with Crippen molar-refractivity contribution in [2.45, 2.75) is 26.7 Å². The van der Waals surface area contributed by atoms with Crippen LogP contribution in [0.5, 0.6) is 5.75 Å². The van der Waals surface area contributed by atoms with E-state index in [4.69, 9.17) is 10.5 Å². The fourth-order valence-corrected chi connectivity index (χ4v) is 3.20. The van der Waals surface area contributed by atoms with Gasteiger partial charge in [0.05, 0.1) is 18.2 Å². The van der Waals surface area contributed by atoms with E-state index in [1.807, 2.05) is 43.5 Å². The van der Waals surface area contributed by atoms with E-state index in [2.05, 4.69) is 10.3 Å². The molecule has 0 saturated heterocycles.